The lowest BCUT2D eigenvalue weighted by atomic mass is 10.1. The van der Waals surface area contributed by atoms with Gasteiger partial charge in [-0.3, -0.25) is 9.69 Å². The van der Waals surface area contributed by atoms with Crippen molar-refractivity contribution in [3.8, 4) is 0 Å². The van der Waals surface area contributed by atoms with Crippen LogP contribution in [0, 0.1) is 0 Å². The third-order valence-electron chi connectivity index (χ3n) is 5.07. The van der Waals surface area contributed by atoms with Crippen molar-refractivity contribution in [2.45, 2.75) is 33.2 Å². The van der Waals surface area contributed by atoms with E-state index in [0.29, 0.717) is 18.7 Å². The number of rotatable bonds is 11. The summed E-state index contributed by atoms with van der Waals surface area (Å²) in [6, 6.07) is 6.10. The maximum atomic E-state index is 13.0. The normalized spacial score (nSPS) is 12.9. The minimum absolute atomic E-state index is 0.101. The molecule has 1 aromatic heterocycles. The van der Waals surface area contributed by atoms with E-state index in [-0.39, 0.29) is 5.91 Å². The highest BCUT2D eigenvalue weighted by molar-refractivity contribution is 9.11. The summed E-state index contributed by atoms with van der Waals surface area (Å²) in [6.45, 7) is 8.02. The van der Waals surface area contributed by atoms with Crippen LogP contribution in [-0.2, 0) is 11.3 Å². The predicted octanol–water partition coefficient (Wildman–Crippen LogP) is 4.74. The van der Waals surface area contributed by atoms with Crippen LogP contribution >= 0.6 is 27.3 Å². The van der Waals surface area contributed by atoms with E-state index in [2.05, 4.69) is 56.4 Å². The number of ether oxygens (including phenoxy) is 1. The predicted molar refractivity (Wildman–Crippen MR) is 127 cm³/mol. The number of hydrogen-bond donors (Lipinski definition) is 2. The highest BCUT2D eigenvalue weighted by Crippen LogP contribution is 2.38. The SMILES string of the molecule is CCN(CC)Cc1ccc(NC(=C2CC2)c2csc(Br)n2)c(C(=O)NCCOC)c1. The monoisotopic (exact) mass is 492 g/mol. The molecule has 0 spiro atoms. The number of nitrogens with one attached hydrogen (secondary N) is 2. The van der Waals surface area contributed by atoms with E-state index in [1.165, 1.54) is 5.57 Å². The molecule has 30 heavy (non-hydrogen) atoms. The summed E-state index contributed by atoms with van der Waals surface area (Å²) in [5.41, 5.74) is 5.83. The molecule has 6 nitrogen and oxygen atoms in total. The Hall–Kier alpha value is -1.74. The fraction of sp³-hybridized carbons (Fsp3) is 0.455. The van der Waals surface area contributed by atoms with Crippen molar-refractivity contribution >= 4 is 44.6 Å². The summed E-state index contributed by atoms with van der Waals surface area (Å²) in [5.74, 6) is -0.101. The van der Waals surface area contributed by atoms with Crippen molar-refractivity contribution in [3.63, 3.8) is 0 Å². The van der Waals surface area contributed by atoms with E-state index in [0.717, 1.165) is 59.0 Å². The summed E-state index contributed by atoms with van der Waals surface area (Å²) in [7, 11) is 1.63. The molecule has 2 N–H and O–H groups in total. The van der Waals surface area contributed by atoms with E-state index in [1.54, 1.807) is 18.4 Å². The number of hydrogen-bond acceptors (Lipinski definition) is 6. The summed E-state index contributed by atoms with van der Waals surface area (Å²) in [6.07, 6.45) is 2.12. The average Bonchev–Trinajstić information content (AvgIpc) is 3.50. The molecule has 1 aromatic carbocycles. The molecule has 8 heteroatoms. The molecule has 3 rings (SSSR count). The first-order chi connectivity index (χ1) is 14.5. The van der Waals surface area contributed by atoms with Crippen LogP contribution in [0.2, 0.25) is 0 Å². The van der Waals surface area contributed by atoms with Gasteiger partial charge in [0.15, 0.2) is 3.92 Å². The first kappa shape index (κ1) is 22.9. The third kappa shape index (κ3) is 6.14. The molecule has 0 saturated heterocycles. The third-order valence-corrected chi connectivity index (χ3v) is 6.43. The van der Waals surface area contributed by atoms with Gasteiger partial charge in [-0.05, 0) is 65.1 Å². The topological polar surface area (TPSA) is 66.5 Å². The number of nitrogens with zero attached hydrogens (tertiary/aromatic N) is 2. The van der Waals surface area contributed by atoms with Gasteiger partial charge in [-0.2, -0.15) is 0 Å². The largest absolute Gasteiger partial charge is 0.383 e. The zero-order chi connectivity index (χ0) is 21.5. The number of anilines is 1. The Kier molecular flexibility index (Phi) is 8.44. The molecular formula is C22H29BrN4O2S. The van der Waals surface area contributed by atoms with Crippen LogP contribution < -0.4 is 10.6 Å². The molecule has 1 heterocycles. The first-order valence-electron chi connectivity index (χ1n) is 10.3. The zero-order valence-corrected chi connectivity index (χ0v) is 20.2. The lowest BCUT2D eigenvalue weighted by Gasteiger charge is -2.20. The first-order valence-corrected chi connectivity index (χ1v) is 12.0. The number of halogens is 1. The quantitative estimate of drug-likeness (QED) is 0.443. The molecule has 1 aliphatic carbocycles. The number of aromatic nitrogens is 1. The second-order valence-electron chi connectivity index (χ2n) is 7.18. The molecule has 0 bridgehead atoms. The van der Waals surface area contributed by atoms with Gasteiger partial charge in [0, 0.05) is 25.6 Å². The van der Waals surface area contributed by atoms with Crippen molar-refractivity contribution in [3.05, 3.63) is 49.9 Å². The lowest BCUT2D eigenvalue weighted by Crippen LogP contribution is -2.28. The van der Waals surface area contributed by atoms with E-state index in [9.17, 15) is 4.79 Å². The maximum absolute atomic E-state index is 13.0. The van der Waals surface area contributed by atoms with Crippen LogP contribution in [0.25, 0.3) is 5.70 Å². The summed E-state index contributed by atoms with van der Waals surface area (Å²) >= 11 is 5.01. The molecule has 1 saturated carbocycles. The van der Waals surface area contributed by atoms with Gasteiger partial charge in [-0.1, -0.05) is 19.9 Å². The van der Waals surface area contributed by atoms with Gasteiger partial charge < -0.3 is 15.4 Å². The molecular weight excluding hydrogens is 464 g/mol. The van der Waals surface area contributed by atoms with Crippen molar-refractivity contribution in [2.24, 2.45) is 0 Å². The van der Waals surface area contributed by atoms with Gasteiger partial charge in [0.25, 0.3) is 5.91 Å². The average molecular weight is 493 g/mol. The Balaban J connectivity index is 1.89. The molecule has 0 atom stereocenters. The van der Waals surface area contributed by atoms with Gasteiger partial charge in [-0.25, -0.2) is 4.98 Å². The Labute approximate surface area is 190 Å². The maximum Gasteiger partial charge on any atom is 0.253 e. The van der Waals surface area contributed by atoms with E-state index >= 15 is 0 Å². The van der Waals surface area contributed by atoms with E-state index in [4.69, 9.17) is 4.74 Å². The molecule has 1 amide bonds. The van der Waals surface area contributed by atoms with E-state index < -0.39 is 0 Å². The van der Waals surface area contributed by atoms with Crippen molar-refractivity contribution < 1.29 is 9.53 Å². The molecule has 162 valence electrons. The molecule has 0 radical (unpaired) electrons. The van der Waals surface area contributed by atoms with Crippen molar-refractivity contribution in [2.75, 3.05) is 38.7 Å². The number of methoxy groups -OCH3 is 1. The second kappa shape index (κ2) is 11.0. The van der Waals surface area contributed by atoms with Crippen LogP contribution in [-0.4, -0.2) is 49.1 Å². The summed E-state index contributed by atoms with van der Waals surface area (Å²) in [4.78, 5) is 19.9. The number of allylic oxidation sites excluding steroid dienone is 1. The Bertz CT molecular complexity index is 902. The molecule has 2 aromatic rings. The Morgan fingerprint density at radius 1 is 1.30 bits per heavy atom. The molecule has 1 fully saturated rings. The number of carbonyl (C=O) groups excluding carboxylic acids is 1. The number of amides is 1. The van der Waals surface area contributed by atoms with Crippen LogP contribution in [0.15, 0.2) is 33.1 Å². The summed E-state index contributed by atoms with van der Waals surface area (Å²) < 4.78 is 5.92. The zero-order valence-electron chi connectivity index (χ0n) is 17.8. The fourth-order valence-electron chi connectivity index (χ4n) is 3.20. The highest BCUT2D eigenvalue weighted by Gasteiger charge is 2.23. The van der Waals surface area contributed by atoms with Gasteiger partial charge in [-0.15, -0.1) is 11.3 Å². The Morgan fingerprint density at radius 2 is 2.07 bits per heavy atom. The molecule has 1 aliphatic rings. The number of benzene rings is 1. The highest BCUT2D eigenvalue weighted by atomic mass is 79.9. The Morgan fingerprint density at radius 3 is 2.67 bits per heavy atom. The van der Waals surface area contributed by atoms with Crippen molar-refractivity contribution in [1.82, 2.24) is 15.2 Å². The smallest absolute Gasteiger partial charge is 0.253 e. The number of carbonyl (C=O) groups is 1. The lowest BCUT2D eigenvalue weighted by molar-refractivity contribution is 0.0937. The van der Waals surface area contributed by atoms with Crippen LogP contribution in [0.4, 0.5) is 5.69 Å². The van der Waals surface area contributed by atoms with Gasteiger partial charge >= 0.3 is 0 Å². The minimum Gasteiger partial charge on any atom is -0.383 e. The fourth-order valence-corrected chi connectivity index (χ4v) is 4.20. The summed E-state index contributed by atoms with van der Waals surface area (Å²) in [5, 5.41) is 8.50. The number of thiazole rings is 1. The van der Waals surface area contributed by atoms with Gasteiger partial charge in [0.2, 0.25) is 0 Å². The van der Waals surface area contributed by atoms with Crippen molar-refractivity contribution in [1.29, 1.82) is 0 Å². The van der Waals surface area contributed by atoms with Crippen LogP contribution in [0.1, 0.15) is 48.3 Å². The second-order valence-corrected chi connectivity index (χ2v) is 9.31. The molecule has 0 unspecified atom stereocenters. The van der Waals surface area contributed by atoms with Gasteiger partial charge in [0.05, 0.1) is 29.2 Å². The van der Waals surface area contributed by atoms with Crippen LogP contribution in [0.5, 0.6) is 0 Å². The minimum atomic E-state index is -0.101. The standard InChI is InChI=1S/C22H29BrN4O2S/c1-4-27(5-2)13-15-6-9-18(17(12-15)21(28)24-10-11-29-3)25-20(16-7-8-16)19-14-30-22(23)26-19/h6,9,12,14,25H,4-5,7-8,10-11,13H2,1-3H3,(H,24,28). The van der Waals surface area contributed by atoms with Crippen LogP contribution in [0.3, 0.4) is 0 Å². The van der Waals surface area contributed by atoms with E-state index in [1.807, 2.05) is 17.5 Å². The molecule has 0 aliphatic heterocycles. The van der Waals surface area contributed by atoms with Gasteiger partial charge in [0.1, 0.15) is 0 Å².